The standard InChI is InChI=1S/C20H28N2O/c1-4-16(5-2)22-12-6-7-15(14-22)18-10-11-21-20-9-8-17(23-3)13-19(18)20/h8-11,13,15-16H,4-7,12,14H2,1-3H3. The molecular formula is C20H28N2O. The van der Waals surface area contributed by atoms with Crippen molar-refractivity contribution in [1.82, 2.24) is 9.88 Å². The summed E-state index contributed by atoms with van der Waals surface area (Å²) in [5.41, 5.74) is 2.51. The number of methoxy groups -OCH3 is 1. The van der Waals surface area contributed by atoms with Gasteiger partial charge in [0.2, 0.25) is 0 Å². The molecule has 0 radical (unpaired) electrons. The molecule has 0 saturated carbocycles. The molecule has 1 aromatic carbocycles. The van der Waals surface area contributed by atoms with Gasteiger partial charge < -0.3 is 4.74 Å². The fraction of sp³-hybridized carbons (Fsp3) is 0.550. The second-order valence-corrected chi connectivity index (χ2v) is 6.59. The molecule has 1 aliphatic heterocycles. The Bertz CT molecular complexity index is 651. The first-order valence-corrected chi connectivity index (χ1v) is 8.93. The van der Waals surface area contributed by atoms with E-state index in [2.05, 4.69) is 41.9 Å². The summed E-state index contributed by atoms with van der Waals surface area (Å²) in [4.78, 5) is 7.22. The molecule has 1 unspecified atom stereocenters. The van der Waals surface area contributed by atoms with Crippen LogP contribution in [-0.2, 0) is 0 Å². The maximum absolute atomic E-state index is 5.42. The largest absolute Gasteiger partial charge is 0.497 e. The highest BCUT2D eigenvalue weighted by atomic mass is 16.5. The summed E-state index contributed by atoms with van der Waals surface area (Å²) >= 11 is 0. The monoisotopic (exact) mass is 312 g/mol. The van der Waals surface area contributed by atoms with Crippen molar-refractivity contribution in [2.75, 3.05) is 20.2 Å². The van der Waals surface area contributed by atoms with Gasteiger partial charge in [0, 0.05) is 24.2 Å². The van der Waals surface area contributed by atoms with Crippen molar-refractivity contribution in [2.45, 2.75) is 51.5 Å². The van der Waals surface area contributed by atoms with Crippen LogP contribution in [0, 0.1) is 0 Å². The smallest absolute Gasteiger partial charge is 0.119 e. The summed E-state index contributed by atoms with van der Waals surface area (Å²) in [6.45, 7) is 7.03. The maximum Gasteiger partial charge on any atom is 0.119 e. The molecule has 1 fully saturated rings. The van der Waals surface area contributed by atoms with E-state index in [1.807, 2.05) is 12.3 Å². The van der Waals surface area contributed by atoms with Gasteiger partial charge in [-0.25, -0.2) is 0 Å². The van der Waals surface area contributed by atoms with Crippen molar-refractivity contribution in [2.24, 2.45) is 0 Å². The van der Waals surface area contributed by atoms with Gasteiger partial charge in [-0.3, -0.25) is 9.88 Å². The number of rotatable bonds is 5. The van der Waals surface area contributed by atoms with Gasteiger partial charge in [0.05, 0.1) is 12.6 Å². The molecule has 0 spiro atoms. The van der Waals surface area contributed by atoms with Crippen LogP contribution in [0.2, 0.25) is 0 Å². The van der Waals surface area contributed by atoms with Gasteiger partial charge in [0.1, 0.15) is 5.75 Å². The Morgan fingerprint density at radius 2 is 2.09 bits per heavy atom. The lowest BCUT2D eigenvalue weighted by Gasteiger charge is -2.38. The molecule has 3 rings (SSSR count). The fourth-order valence-electron chi connectivity index (χ4n) is 4.03. The van der Waals surface area contributed by atoms with Crippen LogP contribution in [-0.4, -0.2) is 36.1 Å². The van der Waals surface area contributed by atoms with Gasteiger partial charge in [0.15, 0.2) is 0 Å². The molecular weight excluding hydrogens is 284 g/mol. The molecule has 2 aromatic rings. The minimum Gasteiger partial charge on any atom is -0.497 e. The zero-order valence-electron chi connectivity index (χ0n) is 14.6. The van der Waals surface area contributed by atoms with E-state index in [0.29, 0.717) is 5.92 Å². The molecule has 23 heavy (non-hydrogen) atoms. The number of hydrogen-bond donors (Lipinski definition) is 0. The predicted molar refractivity (Wildman–Crippen MR) is 96.2 cm³/mol. The Morgan fingerprint density at radius 1 is 1.26 bits per heavy atom. The Hall–Kier alpha value is -1.61. The van der Waals surface area contributed by atoms with E-state index in [9.17, 15) is 0 Å². The molecule has 3 heteroatoms. The minimum absolute atomic E-state index is 0.599. The molecule has 3 nitrogen and oxygen atoms in total. The zero-order valence-corrected chi connectivity index (χ0v) is 14.6. The van der Waals surface area contributed by atoms with Crippen LogP contribution < -0.4 is 4.74 Å². The van der Waals surface area contributed by atoms with E-state index < -0.39 is 0 Å². The Labute approximate surface area is 139 Å². The molecule has 1 aliphatic rings. The summed E-state index contributed by atoms with van der Waals surface area (Å²) in [5, 5.41) is 1.25. The van der Waals surface area contributed by atoms with Gasteiger partial charge in [-0.2, -0.15) is 0 Å². The second kappa shape index (κ2) is 7.31. The lowest BCUT2D eigenvalue weighted by atomic mass is 9.87. The van der Waals surface area contributed by atoms with Crippen LogP contribution in [0.5, 0.6) is 5.75 Å². The third-order valence-electron chi connectivity index (χ3n) is 5.33. The molecule has 0 bridgehead atoms. The van der Waals surface area contributed by atoms with Gasteiger partial charge in [-0.05, 0) is 68.0 Å². The molecule has 1 aromatic heterocycles. The number of likely N-dealkylation sites (tertiary alicyclic amines) is 1. The first-order chi connectivity index (χ1) is 11.3. The fourth-order valence-corrected chi connectivity index (χ4v) is 4.03. The van der Waals surface area contributed by atoms with Crippen molar-refractivity contribution in [1.29, 1.82) is 0 Å². The van der Waals surface area contributed by atoms with Gasteiger partial charge in [-0.1, -0.05) is 13.8 Å². The molecule has 1 saturated heterocycles. The van der Waals surface area contributed by atoms with Crippen LogP contribution in [0.1, 0.15) is 51.0 Å². The molecule has 0 aliphatic carbocycles. The first kappa shape index (κ1) is 16.3. The average molecular weight is 312 g/mol. The number of fused-ring (bicyclic) bond motifs is 1. The van der Waals surface area contributed by atoms with Crippen LogP contribution in [0.4, 0.5) is 0 Å². The SMILES string of the molecule is CCC(CC)N1CCCC(c2ccnc3ccc(OC)cc23)C1. The number of aromatic nitrogens is 1. The summed E-state index contributed by atoms with van der Waals surface area (Å²) < 4.78 is 5.42. The van der Waals surface area contributed by atoms with Gasteiger partial charge >= 0.3 is 0 Å². The van der Waals surface area contributed by atoms with E-state index in [4.69, 9.17) is 4.74 Å². The molecule has 0 N–H and O–H groups in total. The molecule has 0 amide bonds. The topological polar surface area (TPSA) is 25.4 Å². The van der Waals surface area contributed by atoms with Crippen LogP contribution >= 0.6 is 0 Å². The van der Waals surface area contributed by atoms with Crippen LogP contribution in [0.15, 0.2) is 30.5 Å². The van der Waals surface area contributed by atoms with E-state index in [1.165, 1.54) is 49.7 Å². The normalized spacial score (nSPS) is 19.4. The highest BCUT2D eigenvalue weighted by Gasteiger charge is 2.26. The van der Waals surface area contributed by atoms with Crippen molar-refractivity contribution in [3.63, 3.8) is 0 Å². The molecule has 2 heterocycles. The van der Waals surface area contributed by atoms with Crippen molar-refractivity contribution < 1.29 is 4.74 Å². The van der Waals surface area contributed by atoms with Crippen molar-refractivity contribution in [3.05, 3.63) is 36.0 Å². The highest BCUT2D eigenvalue weighted by molar-refractivity contribution is 5.84. The number of ether oxygens (including phenoxy) is 1. The quantitative estimate of drug-likeness (QED) is 0.806. The third kappa shape index (κ3) is 3.35. The van der Waals surface area contributed by atoms with Gasteiger partial charge in [0.25, 0.3) is 0 Å². The van der Waals surface area contributed by atoms with E-state index in [0.717, 1.165) is 17.3 Å². The number of pyridine rings is 1. The molecule has 124 valence electrons. The minimum atomic E-state index is 0.599. The number of benzene rings is 1. The van der Waals surface area contributed by atoms with E-state index in [-0.39, 0.29) is 0 Å². The average Bonchev–Trinajstić information content (AvgIpc) is 2.62. The number of nitrogens with zero attached hydrogens (tertiary/aromatic N) is 2. The Kier molecular flexibility index (Phi) is 5.16. The first-order valence-electron chi connectivity index (χ1n) is 8.93. The predicted octanol–water partition coefficient (Wildman–Crippen LogP) is 4.61. The summed E-state index contributed by atoms with van der Waals surface area (Å²) in [6, 6.07) is 9.15. The second-order valence-electron chi connectivity index (χ2n) is 6.59. The maximum atomic E-state index is 5.42. The van der Waals surface area contributed by atoms with Crippen LogP contribution in [0.25, 0.3) is 10.9 Å². The molecule has 1 atom stereocenters. The lowest BCUT2D eigenvalue weighted by molar-refractivity contribution is 0.141. The lowest BCUT2D eigenvalue weighted by Crippen LogP contribution is -2.41. The number of hydrogen-bond acceptors (Lipinski definition) is 3. The Morgan fingerprint density at radius 3 is 2.83 bits per heavy atom. The number of piperidine rings is 1. The third-order valence-corrected chi connectivity index (χ3v) is 5.33. The van der Waals surface area contributed by atoms with E-state index >= 15 is 0 Å². The zero-order chi connectivity index (χ0) is 16.2. The van der Waals surface area contributed by atoms with Crippen molar-refractivity contribution in [3.8, 4) is 5.75 Å². The van der Waals surface area contributed by atoms with Crippen LogP contribution in [0.3, 0.4) is 0 Å². The van der Waals surface area contributed by atoms with E-state index in [1.54, 1.807) is 7.11 Å². The van der Waals surface area contributed by atoms with Gasteiger partial charge in [-0.15, -0.1) is 0 Å². The summed E-state index contributed by atoms with van der Waals surface area (Å²) in [5.74, 6) is 1.52. The summed E-state index contributed by atoms with van der Waals surface area (Å²) in [7, 11) is 1.73. The highest BCUT2D eigenvalue weighted by Crippen LogP contribution is 2.34. The Balaban J connectivity index is 1.92. The van der Waals surface area contributed by atoms with Crippen molar-refractivity contribution >= 4 is 10.9 Å². The summed E-state index contributed by atoms with van der Waals surface area (Å²) in [6.07, 6.45) is 7.00.